The normalized spacial score (nSPS) is 0. The summed E-state index contributed by atoms with van der Waals surface area (Å²) in [5.74, 6) is 0. The third-order valence-corrected chi connectivity index (χ3v) is 0. The summed E-state index contributed by atoms with van der Waals surface area (Å²) in [6.07, 6.45) is 0. The molecule has 5 nitrogen and oxygen atoms in total. The van der Waals surface area contributed by atoms with E-state index in [1.54, 1.807) is 0 Å². The average molecular weight is 299 g/mol. The molecule has 0 amide bonds. The Hall–Kier alpha value is 1.96. The second-order valence-corrected chi connectivity index (χ2v) is 0. The molecule has 0 aromatic heterocycles. The maximum atomic E-state index is 0. The molecular weight excluding hydrogens is 299 g/mol. The van der Waals surface area contributed by atoms with Crippen LogP contribution in [0.1, 0.15) is 0 Å². The molecule has 0 aromatic carbocycles. The van der Waals surface area contributed by atoms with Crippen molar-refractivity contribution in [3.8, 4) is 0 Å². The maximum Gasteiger partial charge on any atom is 5.00 e. The van der Waals surface area contributed by atoms with Gasteiger partial charge in [0.25, 0.3) is 0 Å². The third-order valence-electron chi connectivity index (χ3n) is 0. The van der Waals surface area contributed by atoms with E-state index in [9.17, 15) is 0 Å². The first-order valence-electron chi connectivity index (χ1n) is 0. The van der Waals surface area contributed by atoms with Crippen LogP contribution < -0.4 is 0 Å². The Morgan fingerprint density at radius 2 is 0.333 bits per heavy atom. The second-order valence-electron chi connectivity index (χ2n) is 0. The molecule has 0 radical (unpaired) electrons. The predicted octanol–water partition coefficient (Wildman–Crippen LogP) is -0.604. The molecular formula is Ni2O5V2. The maximum absolute atomic E-state index is 0. The Morgan fingerprint density at radius 3 is 0.333 bits per heavy atom. The van der Waals surface area contributed by atoms with Crippen LogP contribution in [-0.2, 0) is 97.5 Å². The minimum atomic E-state index is 0. The molecule has 0 bridgehead atoms. The fourth-order valence-electron chi connectivity index (χ4n) is 0. The molecule has 0 heterocycles. The van der Waals surface area contributed by atoms with Crippen LogP contribution in [0.25, 0.3) is 0 Å². The van der Waals surface area contributed by atoms with Gasteiger partial charge < -0.3 is 27.4 Å². The molecule has 60 valence electrons. The summed E-state index contributed by atoms with van der Waals surface area (Å²) in [7, 11) is 0. The van der Waals surface area contributed by atoms with Gasteiger partial charge in [-0.2, -0.15) is 0 Å². The van der Waals surface area contributed by atoms with Crippen molar-refractivity contribution in [1.82, 2.24) is 0 Å². The standard InChI is InChI=1S/2Ni.5O.2V/q;;5*-2;2*+5. The van der Waals surface area contributed by atoms with Crippen LogP contribution >= 0.6 is 0 Å². The van der Waals surface area contributed by atoms with E-state index in [1.807, 2.05) is 0 Å². The summed E-state index contributed by atoms with van der Waals surface area (Å²) in [4.78, 5) is 0. The van der Waals surface area contributed by atoms with Gasteiger partial charge in [-0.15, -0.1) is 0 Å². The van der Waals surface area contributed by atoms with E-state index < -0.39 is 0 Å². The Balaban J connectivity index is 0. The van der Waals surface area contributed by atoms with Gasteiger partial charge in [-0.05, 0) is 0 Å². The Bertz CT molecular complexity index is 12.9. The Kier molecular flexibility index (Phi) is 6580. The first kappa shape index (κ1) is 284. The van der Waals surface area contributed by atoms with Crippen LogP contribution in [0.15, 0.2) is 0 Å². The summed E-state index contributed by atoms with van der Waals surface area (Å²) in [6.45, 7) is 0. The summed E-state index contributed by atoms with van der Waals surface area (Å²) in [5, 5.41) is 0. The molecule has 0 aliphatic heterocycles. The molecule has 9 heavy (non-hydrogen) atoms. The fourth-order valence-corrected chi connectivity index (χ4v) is 0. The first-order valence-corrected chi connectivity index (χ1v) is 0. The van der Waals surface area contributed by atoms with Crippen LogP contribution in [-0.4, -0.2) is 0 Å². The Morgan fingerprint density at radius 1 is 0.333 bits per heavy atom. The number of rotatable bonds is 0. The van der Waals surface area contributed by atoms with Gasteiger partial charge in [-0.25, -0.2) is 0 Å². The van der Waals surface area contributed by atoms with Gasteiger partial charge in [-0.3, -0.25) is 0 Å². The van der Waals surface area contributed by atoms with Crippen molar-refractivity contribution in [2.75, 3.05) is 0 Å². The van der Waals surface area contributed by atoms with E-state index in [-0.39, 0.29) is 97.5 Å². The molecule has 0 spiro atoms. The Labute approximate surface area is 96.9 Å². The molecule has 0 saturated heterocycles. The van der Waals surface area contributed by atoms with Crippen molar-refractivity contribution in [3.05, 3.63) is 0 Å². The largest absolute Gasteiger partial charge is 5.00 e. The fraction of sp³-hybridized carbons (Fsp3) is 0. The molecule has 0 aliphatic carbocycles. The number of hydrogen-bond donors (Lipinski definition) is 0. The van der Waals surface area contributed by atoms with E-state index in [4.69, 9.17) is 0 Å². The van der Waals surface area contributed by atoms with Crippen LogP contribution in [0.3, 0.4) is 0 Å². The topological polar surface area (TPSA) is 142 Å². The zero-order chi connectivity index (χ0) is 0. The van der Waals surface area contributed by atoms with Crippen molar-refractivity contribution in [1.29, 1.82) is 0 Å². The van der Waals surface area contributed by atoms with E-state index in [0.29, 0.717) is 0 Å². The molecule has 0 rings (SSSR count). The quantitative estimate of drug-likeness (QED) is 0.526. The molecule has 0 atom stereocenters. The zero-order valence-electron chi connectivity index (χ0n) is 3.57. The van der Waals surface area contributed by atoms with Crippen LogP contribution in [0.2, 0.25) is 0 Å². The summed E-state index contributed by atoms with van der Waals surface area (Å²) in [6, 6.07) is 0. The minimum absolute atomic E-state index is 0. The van der Waals surface area contributed by atoms with Crippen molar-refractivity contribution >= 4 is 0 Å². The van der Waals surface area contributed by atoms with E-state index in [2.05, 4.69) is 0 Å². The molecule has 0 aliphatic rings. The third kappa shape index (κ3) is 165. The monoisotopic (exact) mass is 298 g/mol. The average Bonchev–Trinajstić information content (AvgIpc) is 0. The van der Waals surface area contributed by atoms with Gasteiger partial charge >= 0.3 is 37.1 Å². The smallest absolute Gasteiger partial charge is 2.00 e. The predicted molar refractivity (Wildman–Crippen MR) is 3.43 cm³/mol. The van der Waals surface area contributed by atoms with Gasteiger partial charge in [0, 0.05) is 33.0 Å². The SMILES string of the molecule is [Ni].[Ni].[O-2].[O-2].[O-2].[O-2].[O-2].[V+5].[V+5]. The van der Waals surface area contributed by atoms with Crippen LogP contribution in [0.5, 0.6) is 0 Å². The minimum Gasteiger partial charge on any atom is -2.00 e. The van der Waals surface area contributed by atoms with Gasteiger partial charge in [0.1, 0.15) is 0 Å². The first-order chi connectivity index (χ1) is 0. The van der Waals surface area contributed by atoms with Crippen molar-refractivity contribution in [2.24, 2.45) is 0 Å². The van der Waals surface area contributed by atoms with Gasteiger partial charge in [0.05, 0.1) is 0 Å². The van der Waals surface area contributed by atoms with E-state index in [0.717, 1.165) is 0 Å². The summed E-state index contributed by atoms with van der Waals surface area (Å²) < 4.78 is 0. The van der Waals surface area contributed by atoms with Gasteiger partial charge in [0.15, 0.2) is 0 Å². The number of hydrogen-bond acceptors (Lipinski definition) is 0. The van der Waals surface area contributed by atoms with Crippen LogP contribution in [0.4, 0.5) is 0 Å². The zero-order valence-corrected chi connectivity index (χ0v) is 8.34. The summed E-state index contributed by atoms with van der Waals surface area (Å²) in [5.41, 5.74) is 0. The van der Waals surface area contributed by atoms with Gasteiger partial charge in [-0.1, -0.05) is 0 Å². The molecule has 0 aromatic rings. The molecule has 0 saturated carbocycles. The van der Waals surface area contributed by atoms with Gasteiger partial charge in [0.2, 0.25) is 0 Å². The van der Waals surface area contributed by atoms with Crippen molar-refractivity contribution < 1.29 is 97.5 Å². The molecule has 0 fully saturated rings. The van der Waals surface area contributed by atoms with Crippen molar-refractivity contribution in [3.63, 3.8) is 0 Å². The molecule has 0 N–H and O–H groups in total. The summed E-state index contributed by atoms with van der Waals surface area (Å²) >= 11 is 0. The van der Waals surface area contributed by atoms with E-state index >= 15 is 0 Å². The van der Waals surface area contributed by atoms with E-state index in [1.165, 1.54) is 0 Å². The van der Waals surface area contributed by atoms with Crippen LogP contribution in [0, 0.1) is 0 Å². The molecule has 0 unspecified atom stereocenters. The molecule has 9 heteroatoms. The van der Waals surface area contributed by atoms with Crippen molar-refractivity contribution in [2.45, 2.75) is 0 Å². The second kappa shape index (κ2) is 209.